The summed E-state index contributed by atoms with van der Waals surface area (Å²) in [5.74, 6) is 0.0879. The molecule has 1 saturated heterocycles. The first-order valence-electron chi connectivity index (χ1n) is 5.94. The van der Waals surface area contributed by atoms with E-state index in [1.807, 2.05) is 6.92 Å². The van der Waals surface area contributed by atoms with Crippen LogP contribution in [0.5, 0.6) is 0 Å². The van der Waals surface area contributed by atoms with Crippen LogP contribution in [0.2, 0.25) is 5.02 Å². The first-order chi connectivity index (χ1) is 8.99. The van der Waals surface area contributed by atoms with Crippen molar-refractivity contribution in [1.82, 2.24) is 5.32 Å². The van der Waals surface area contributed by atoms with Crippen LogP contribution in [0.1, 0.15) is 6.92 Å². The Morgan fingerprint density at radius 1 is 1.53 bits per heavy atom. The Balaban J connectivity index is 2.09. The molecule has 19 heavy (non-hydrogen) atoms. The van der Waals surface area contributed by atoms with Crippen molar-refractivity contribution < 1.29 is 9.72 Å². The molecule has 1 aromatic carbocycles. The molecule has 1 fully saturated rings. The van der Waals surface area contributed by atoms with Gasteiger partial charge in [0.15, 0.2) is 0 Å². The maximum atomic E-state index is 12.0. The van der Waals surface area contributed by atoms with Gasteiger partial charge in [-0.05, 0) is 24.6 Å². The molecule has 0 aliphatic carbocycles. The minimum atomic E-state index is -0.559. The molecule has 1 amide bonds. The lowest BCUT2D eigenvalue weighted by Gasteiger charge is -2.14. The largest absolute Gasteiger partial charge is 0.326 e. The maximum Gasteiger partial charge on any atom is 0.288 e. The number of anilines is 1. The van der Waals surface area contributed by atoms with E-state index in [0.29, 0.717) is 12.2 Å². The number of benzene rings is 1. The van der Waals surface area contributed by atoms with Crippen molar-refractivity contribution in [3.8, 4) is 0 Å². The number of nitrogens with one attached hydrogen (secondary N) is 2. The van der Waals surface area contributed by atoms with Gasteiger partial charge >= 0.3 is 0 Å². The lowest BCUT2D eigenvalue weighted by Crippen LogP contribution is -2.27. The molecule has 1 aliphatic heterocycles. The average Bonchev–Trinajstić information content (AvgIpc) is 2.75. The lowest BCUT2D eigenvalue weighted by molar-refractivity contribution is -0.384. The number of amides is 1. The molecule has 0 bridgehead atoms. The van der Waals surface area contributed by atoms with Crippen LogP contribution in [0, 0.1) is 22.0 Å². The van der Waals surface area contributed by atoms with Gasteiger partial charge in [-0.25, -0.2) is 0 Å². The molecule has 0 aromatic heterocycles. The molecule has 6 nitrogen and oxygen atoms in total. The number of rotatable bonds is 3. The third kappa shape index (κ3) is 3.02. The predicted octanol–water partition coefficient (Wildman–Crippen LogP) is 2.04. The Morgan fingerprint density at radius 3 is 2.79 bits per heavy atom. The fourth-order valence-corrected chi connectivity index (χ4v) is 2.38. The van der Waals surface area contributed by atoms with Crippen LogP contribution in [0.25, 0.3) is 0 Å². The van der Waals surface area contributed by atoms with Gasteiger partial charge in [0, 0.05) is 18.3 Å². The summed E-state index contributed by atoms with van der Waals surface area (Å²) in [6, 6.07) is 4.16. The topological polar surface area (TPSA) is 84.3 Å². The second-order valence-corrected chi connectivity index (χ2v) is 5.06. The smallest absolute Gasteiger partial charge is 0.288 e. The number of nitrogens with zero attached hydrogens (tertiary/aromatic N) is 1. The van der Waals surface area contributed by atoms with Gasteiger partial charge in [0.1, 0.15) is 5.02 Å². The molecule has 1 heterocycles. The zero-order chi connectivity index (χ0) is 14.0. The summed E-state index contributed by atoms with van der Waals surface area (Å²) in [5.41, 5.74) is 0.301. The third-order valence-electron chi connectivity index (χ3n) is 3.27. The van der Waals surface area contributed by atoms with Gasteiger partial charge in [-0.1, -0.05) is 18.5 Å². The second-order valence-electron chi connectivity index (χ2n) is 4.65. The van der Waals surface area contributed by atoms with E-state index in [2.05, 4.69) is 10.6 Å². The standard InChI is InChI=1S/C12H14ClN3O3/c1-7-5-14-6-9(7)12(17)15-8-2-3-11(16(18)19)10(13)4-8/h2-4,7,9,14H,5-6H2,1H3,(H,15,17)/t7-,9-/m1/s1. The van der Waals surface area contributed by atoms with Gasteiger partial charge in [-0.15, -0.1) is 0 Å². The minimum Gasteiger partial charge on any atom is -0.326 e. The summed E-state index contributed by atoms with van der Waals surface area (Å²) in [7, 11) is 0. The zero-order valence-electron chi connectivity index (χ0n) is 10.4. The van der Waals surface area contributed by atoms with Crippen LogP contribution in [0.4, 0.5) is 11.4 Å². The summed E-state index contributed by atoms with van der Waals surface area (Å²) < 4.78 is 0. The number of carbonyl (C=O) groups excluding carboxylic acids is 1. The minimum absolute atomic E-state index is 0.0143. The molecule has 1 aromatic rings. The Kier molecular flexibility index (Phi) is 4.01. The van der Waals surface area contributed by atoms with E-state index in [1.165, 1.54) is 18.2 Å². The van der Waals surface area contributed by atoms with Gasteiger partial charge in [0.25, 0.3) is 5.69 Å². The Labute approximate surface area is 115 Å². The number of nitro benzene ring substituents is 1. The molecule has 2 N–H and O–H groups in total. The highest BCUT2D eigenvalue weighted by Crippen LogP contribution is 2.28. The highest BCUT2D eigenvalue weighted by molar-refractivity contribution is 6.33. The maximum absolute atomic E-state index is 12.0. The number of hydrogen-bond donors (Lipinski definition) is 2. The SMILES string of the molecule is C[C@@H]1CNC[C@H]1C(=O)Nc1ccc([N+](=O)[O-])c(Cl)c1. The molecule has 7 heteroatoms. The summed E-state index contributed by atoms with van der Waals surface area (Å²) in [6.45, 7) is 3.47. The third-order valence-corrected chi connectivity index (χ3v) is 3.57. The zero-order valence-corrected chi connectivity index (χ0v) is 11.1. The molecule has 0 radical (unpaired) electrons. The van der Waals surface area contributed by atoms with E-state index in [-0.39, 0.29) is 28.5 Å². The normalized spacial score (nSPS) is 22.2. The molecule has 102 valence electrons. The van der Waals surface area contributed by atoms with Crippen molar-refractivity contribution in [2.75, 3.05) is 18.4 Å². The monoisotopic (exact) mass is 283 g/mol. The summed E-state index contributed by atoms with van der Waals surface area (Å²) in [4.78, 5) is 22.1. The molecule has 2 atom stereocenters. The quantitative estimate of drug-likeness (QED) is 0.657. The van der Waals surface area contributed by atoms with Crippen LogP contribution in [0.3, 0.4) is 0 Å². The first-order valence-corrected chi connectivity index (χ1v) is 6.32. The van der Waals surface area contributed by atoms with Crippen LogP contribution in [0.15, 0.2) is 18.2 Å². The Hall–Kier alpha value is -1.66. The summed E-state index contributed by atoms with van der Waals surface area (Å²) in [6.07, 6.45) is 0. The van der Waals surface area contributed by atoms with Crippen LogP contribution < -0.4 is 10.6 Å². The van der Waals surface area contributed by atoms with E-state index in [1.54, 1.807) is 0 Å². The van der Waals surface area contributed by atoms with Crippen LogP contribution in [-0.4, -0.2) is 23.9 Å². The van der Waals surface area contributed by atoms with E-state index >= 15 is 0 Å². The number of carbonyl (C=O) groups is 1. The Morgan fingerprint density at radius 2 is 2.26 bits per heavy atom. The molecular weight excluding hydrogens is 270 g/mol. The van der Waals surface area contributed by atoms with E-state index in [0.717, 1.165) is 6.54 Å². The van der Waals surface area contributed by atoms with E-state index in [9.17, 15) is 14.9 Å². The molecule has 2 rings (SSSR count). The fraction of sp³-hybridized carbons (Fsp3) is 0.417. The number of nitro groups is 1. The number of halogens is 1. The van der Waals surface area contributed by atoms with Crippen molar-refractivity contribution in [3.63, 3.8) is 0 Å². The number of hydrogen-bond acceptors (Lipinski definition) is 4. The van der Waals surface area contributed by atoms with E-state index in [4.69, 9.17) is 11.6 Å². The fourth-order valence-electron chi connectivity index (χ4n) is 2.13. The van der Waals surface area contributed by atoms with Gasteiger partial charge in [-0.2, -0.15) is 0 Å². The van der Waals surface area contributed by atoms with Crippen molar-refractivity contribution in [2.45, 2.75) is 6.92 Å². The van der Waals surface area contributed by atoms with Gasteiger partial charge in [0.2, 0.25) is 5.91 Å². The van der Waals surface area contributed by atoms with E-state index < -0.39 is 4.92 Å². The second kappa shape index (κ2) is 5.54. The van der Waals surface area contributed by atoms with Crippen molar-refractivity contribution in [1.29, 1.82) is 0 Å². The van der Waals surface area contributed by atoms with Gasteiger partial charge in [0.05, 0.1) is 10.8 Å². The molecular formula is C12H14ClN3O3. The Bertz CT molecular complexity index is 521. The van der Waals surface area contributed by atoms with Crippen molar-refractivity contribution in [2.24, 2.45) is 11.8 Å². The average molecular weight is 284 g/mol. The lowest BCUT2D eigenvalue weighted by atomic mass is 9.97. The molecule has 0 saturated carbocycles. The summed E-state index contributed by atoms with van der Waals surface area (Å²) >= 11 is 5.79. The van der Waals surface area contributed by atoms with Gasteiger partial charge in [-0.3, -0.25) is 14.9 Å². The van der Waals surface area contributed by atoms with Crippen LogP contribution >= 0.6 is 11.6 Å². The highest BCUT2D eigenvalue weighted by atomic mass is 35.5. The van der Waals surface area contributed by atoms with Crippen molar-refractivity contribution >= 4 is 28.9 Å². The first kappa shape index (κ1) is 13.8. The van der Waals surface area contributed by atoms with Crippen LogP contribution in [-0.2, 0) is 4.79 Å². The highest BCUT2D eigenvalue weighted by Gasteiger charge is 2.29. The van der Waals surface area contributed by atoms with Gasteiger partial charge < -0.3 is 10.6 Å². The molecule has 1 aliphatic rings. The summed E-state index contributed by atoms with van der Waals surface area (Å²) in [5, 5.41) is 16.5. The molecule has 0 spiro atoms. The molecule has 0 unspecified atom stereocenters. The predicted molar refractivity (Wildman–Crippen MR) is 72.3 cm³/mol. The van der Waals surface area contributed by atoms with Crippen molar-refractivity contribution in [3.05, 3.63) is 33.3 Å².